The zero-order chi connectivity index (χ0) is 15.0. The van der Waals surface area contributed by atoms with Gasteiger partial charge in [0.05, 0.1) is 23.5 Å². The monoisotopic (exact) mass is 287 g/mol. The minimum absolute atomic E-state index is 0.0255. The number of nitrogens with zero attached hydrogens (tertiary/aromatic N) is 1. The molecule has 0 saturated heterocycles. The molecule has 3 N–H and O–H groups in total. The maximum Gasteiger partial charge on any atom is 0.359 e. The molecule has 1 aromatic heterocycles. The topological polar surface area (TPSA) is 104 Å². The van der Waals surface area contributed by atoms with Crippen LogP contribution in [-0.2, 0) is 9.53 Å². The number of pyridine rings is 1. The molecule has 1 amide bonds. The van der Waals surface area contributed by atoms with E-state index in [2.05, 4.69) is 10.3 Å². The highest BCUT2D eigenvalue weighted by molar-refractivity contribution is 6.01. The van der Waals surface area contributed by atoms with Crippen molar-refractivity contribution in [1.82, 2.24) is 4.98 Å². The first-order valence-electron chi connectivity index (χ1n) is 6.42. The van der Waals surface area contributed by atoms with Crippen LogP contribution in [0.1, 0.15) is 17.4 Å². The number of benzene rings is 1. The highest BCUT2D eigenvalue weighted by atomic mass is 16.5. The lowest BCUT2D eigenvalue weighted by Gasteiger charge is -2.18. The molecule has 0 fully saturated rings. The van der Waals surface area contributed by atoms with Crippen molar-refractivity contribution >= 4 is 34.2 Å². The Kier molecular flexibility index (Phi) is 3.09. The Labute approximate surface area is 120 Å². The summed E-state index contributed by atoms with van der Waals surface area (Å²) in [6.45, 7) is 1.92. The van der Waals surface area contributed by atoms with Crippen LogP contribution in [0.15, 0.2) is 18.2 Å². The Morgan fingerprint density at radius 2 is 2.29 bits per heavy atom. The van der Waals surface area contributed by atoms with E-state index < -0.39 is 5.97 Å². The van der Waals surface area contributed by atoms with E-state index in [0.717, 1.165) is 5.39 Å². The van der Waals surface area contributed by atoms with E-state index in [9.17, 15) is 9.59 Å². The number of ether oxygens (including phenoxy) is 2. The van der Waals surface area contributed by atoms with Crippen molar-refractivity contribution in [2.75, 3.05) is 24.3 Å². The third kappa shape index (κ3) is 2.33. The van der Waals surface area contributed by atoms with Crippen LogP contribution < -0.4 is 15.8 Å². The molecular weight excluding hydrogens is 274 g/mol. The van der Waals surface area contributed by atoms with Gasteiger partial charge < -0.3 is 20.5 Å². The van der Waals surface area contributed by atoms with E-state index in [0.29, 0.717) is 17.0 Å². The first-order valence-corrected chi connectivity index (χ1v) is 6.42. The lowest BCUT2D eigenvalue weighted by molar-refractivity contribution is -0.118. The normalized spacial score (nSPS) is 13.3. The Morgan fingerprint density at radius 1 is 1.48 bits per heavy atom. The number of hydrogen-bond donors (Lipinski definition) is 2. The molecule has 0 aliphatic carbocycles. The molecule has 2 aromatic rings. The molecule has 0 atom stereocenters. The number of fused-ring (bicyclic) bond motifs is 2. The number of hydrogen-bond acceptors (Lipinski definition) is 6. The fourth-order valence-corrected chi connectivity index (χ4v) is 2.13. The quantitative estimate of drug-likeness (QED) is 0.807. The van der Waals surface area contributed by atoms with Gasteiger partial charge in [0.25, 0.3) is 5.91 Å². The number of carbonyl (C=O) groups is 2. The van der Waals surface area contributed by atoms with Gasteiger partial charge in [0.15, 0.2) is 12.3 Å². The van der Waals surface area contributed by atoms with E-state index in [1.807, 2.05) is 0 Å². The second-order valence-electron chi connectivity index (χ2n) is 4.52. The SMILES string of the molecule is CCOC(=O)c1nc2cc3c(cc2cc1N)OCC(=O)N3. The number of aromatic nitrogens is 1. The summed E-state index contributed by atoms with van der Waals surface area (Å²) in [5, 5.41) is 3.41. The Balaban J connectivity index is 2.12. The predicted octanol–water partition coefficient (Wildman–Crippen LogP) is 1.32. The number of nitrogen functional groups attached to an aromatic ring is 1. The highest BCUT2D eigenvalue weighted by Gasteiger charge is 2.19. The van der Waals surface area contributed by atoms with Gasteiger partial charge in [-0.2, -0.15) is 0 Å². The van der Waals surface area contributed by atoms with Gasteiger partial charge in [0.1, 0.15) is 5.75 Å². The molecule has 1 aliphatic rings. The van der Waals surface area contributed by atoms with E-state index in [-0.39, 0.29) is 30.5 Å². The molecule has 21 heavy (non-hydrogen) atoms. The smallest absolute Gasteiger partial charge is 0.359 e. The van der Waals surface area contributed by atoms with Crippen LogP contribution in [0.3, 0.4) is 0 Å². The lowest BCUT2D eigenvalue weighted by atomic mass is 10.1. The van der Waals surface area contributed by atoms with Crippen molar-refractivity contribution in [1.29, 1.82) is 0 Å². The van der Waals surface area contributed by atoms with Crippen molar-refractivity contribution in [3.8, 4) is 5.75 Å². The standard InChI is InChI=1S/C14H13N3O4/c1-2-20-14(19)13-8(15)3-7-4-11-10(5-9(7)17-13)16-12(18)6-21-11/h3-5H,2,6,15H2,1H3,(H,16,18). The van der Waals surface area contributed by atoms with Crippen LogP contribution in [-0.4, -0.2) is 30.1 Å². The molecule has 0 saturated carbocycles. The number of esters is 1. The number of nitrogens with two attached hydrogens (primary N) is 1. The summed E-state index contributed by atoms with van der Waals surface area (Å²) in [5.41, 5.74) is 7.19. The van der Waals surface area contributed by atoms with Gasteiger partial charge in [-0.15, -0.1) is 0 Å². The van der Waals surface area contributed by atoms with Crippen LogP contribution in [0.5, 0.6) is 5.75 Å². The number of rotatable bonds is 2. The van der Waals surface area contributed by atoms with Crippen LogP contribution in [0.4, 0.5) is 11.4 Å². The van der Waals surface area contributed by atoms with Crippen molar-refractivity contribution in [2.24, 2.45) is 0 Å². The summed E-state index contributed by atoms with van der Waals surface area (Å²) >= 11 is 0. The molecule has 0 bridgehead atoms. The maximum absolute atomic E-state index is 11.8. The molecule has 7 heteroatoms. The molecule has 3 rings (SSSR count). The van der Waals surface area contributed by atoms with Crippen LogP contribution >= 0.6 is 0 Å². The van der Waals surface area contributed by atoms with Gasteiger partial charge in [0, 0.05) is 5.39 Å². The third-order valence-corrected chi connectivity index (χ3v) is 3.05. The molecular formula is C14H13N3O4. The Morgan fingerprint density at radius 3 is 3.05 bits per heavy atom. The van der Waals surface area contributed by atoms with Gasteiger partial charge >= 0.3 is 5.97 Å². The number of anilines is 2. The van der Waals surface area contributed by atoms with Gasteiger partial charge in [0.2, 0.25) is 0 Å². The number of carbonyl (C=O) groups excluding carboxylic acids is 2. The molecule has 1 aliphatic heterocycles. The average Bonchev–Trinajstić information content (AvgIpc) is 2.45. The minimum atomic E-state index is -0.574. The minimum Gasteiger partial charge on any atom is -0.482 e. The average molecular weight is 287 g/mol. The largest absolute Gasteiger partial charge is 0.482 e. The highest BCUT2D eigenvalue weighted by Crippen LogP contribution is 2.33. The molecule has 0 spiro atoms. The first kappa shape index (κ1) is 13.2. The summed E-state index contributed by atoms with van der Waals surface area (Å²) in [6, 6.07) is 5.00. The van der Waals surface area contributed by atoms with E-state index in [1.54, 1.807) is 25.1 Å². The van der Waals surface area contributed by atoms with Crippen LogP contribution in [0, 0.1) is 0 Å². The van der Waals surface area contributed by atoms with Gasteiger partial charge in [-0.05, 0) is 25.1 Å². The molecule has 108 valence electrons. The summed E-state index contributed by atoms with van der Waals surface area (Å²) in [6.07, 6.45) is 0. The van der Waals surface area contributed by atoms with E-state index in [1.165, 1.54) is 0 Å². The van der Waals surface area contributed by atoms with Crippen molar-refractivity contribution < 1.29 is 19.1 Å². The summed E-state index contributed by atoms with van der Waals surface area (Å²) in [4.78, 5) is 27.3. The van der Waals surface area contributed by atoms with Gasteiger partial charge in [-0.1, -0.05) is 0 Å². The fraction of sp³-hybridized carbons (Fsp3) is 0.214. The summed E-state index contributed by atoms with van der Waals surface area (Å²) in [7, 11) is 0. The second-order valence-corrected chi connectivity index (χ2v) is 4.52. The zero-order valence-corrected chi connectivity index (χ0v) is 11.3. The van der Waals surface area contributed by atoms with E-state index in [4.69, 9.17) is 15.2 Å². The first-order chi connectivity index (χ1) is 10.1. The molecule has 7 nitrogen and oxygen atoms in total. The van der Waals surface area contributed by atoms with Gasteiger partial charge in [-0.3, -0.25) is 4.79 Å². The third-order valence-electron chi connectivity index (χ3n) is 3.05. The number of nitrogens with one attached hydrogen (secondary N) is 1. The lowest BCUT2D eigenvalue weighted by Crippen LogP contribution is -2.25. The molecule has 2 heterocycles. The fourth-order valence-electron chi connectivity index (χ4n) is 2.13. The Bertz CT molecular complexity index is 757. The molecule has 0 radical (unpaired) electrons. The summed E-state index contributed by atoms with van der Waals surface area (Å²) in [5.74, 6) is -0.259. The molecule has 1 aromatic carbocycles. The van der Waals surface area contributed by atoms with Crippen molar-refractivity contribution in [3.63, 3.8) is 0 Å². The predicted molar refractivity (Wildman–Crippen MR) is 76.2 cm³/mol. The Hall–Kier alpha value is -2.83. The van der Waals surface area contributed by atoms with Gasteiger partial charge in [-0.25, -0.2) is 9.78 Å². The van der Waals surface area contributed by atoms with Crippen molar-refractivity contribution in [2.45, 2.75) is 6.92 Å². The maximum atomic E-state index is 11.8. The number of amides is 1. The van der Waals surface area contributed by atoms with E-state index >= 15 is 0 Å². The van der Waals surface area contributed by atoms with Crippen LogP contribution in [0.2, 0.25) is 0 Å². The van der Waals surface area contributed by atoms with Crippen molar-refractivity contribution in [3.05, 3.63) is 23.9 Å². The van der Waals surface area contributed by atoms with Crippen LogP contribution in [0.25, 0.3) is 10.9 Å². The second kappa shape index (κ2) is 4.93. The molecule has 0 unspecified atom stereocenters. The zero-order valence-electron chi connectivity index (χ0n) is 11.3. The summed E-state index contributed by atoms with van der Waals surface area (Å²) < 4.78 is 10.2.